The lowest BCUT2D eigenvalue weighted by molar-refractivity contribution is -0.122. The first kappa shape index (κ1) is 20.5. The lowest BCUT2D eigenvalue weighted by Gasteiger charge is -2.24. The van der Waals surface area contributed by atoms with Gasteiger partial charge in [0.05, 0.1) is 41.1 Å². The molecule has 1 fully saturated rings. The first-order valence-electron chi connectivity index (χ1n) is 11.7. The standard InChI is InChI=1S/C26H20N8O2/c35-26(14-2-1-3-14)29-17-10-16(11-27-12-17)18-4-5-20-23(30-18)24(34-33-20)25-31-19-6-8-28-21(22(19)32-25)15-7-9-36-13-15/h4-14H,1-3H2,(H,29,35)(H,31,32)(H,33,34). The van der Waals surface area contributed by atoms with Crippen LogP contribution in [0.3, 0.4) is 0 Å². The summed E-state index contributed by atoms with van der Waals surface area (Å²) >= 11 is 0. The van der Waals surface area contributed by atoms with Crippen molar-refractivity contribution in [3.8, 4) is 34.0 Å². The van der Waals surface area contributed by atoms with Crippen LogP contribution in [0.25, 0.3) is 56.1 Å². The minimum Gasteiger partial charge on any atom is -0.472 e. The first-order chi connectivity index (χ1) is 17.7. The van der Waals surface area contributed by atoms with Gasteiger partial charge in [-0.25, -0.2) is 9.97 Å². The predicted octanol–water partition coefficient (Wildman–Crippen LogP) is 4.96. The highest BCUT2D eigenvalue weighted by Crippen LogP contribution is 2.32. The minimum atomic E-state index is 0.0508. The van der Waals surface area contributed by atoms with Crippen LogP contribution in [0.4, 0.5) is 5.69 Å². The van der Waals surface area contributed by atoms with E-state index in [9.17, 15) is 4.79 Å². The number of nitrogens with zero attached hydrogens (tertiary/aromatic N) is 5. The van der Waals surface area contributed by atoms with Crippen molar-refractivity contribution >= 4 is 33.7 Å². The molecule has 3 N–H and O–H groups in total. The minimum absolute atomic E-state index is 0.0508. The zero-order chi connectivity index (χ0) is 24.1. The molecule has 1 saturated carbocycles. The molecule has 0 radical (unpaired) electrons. The lowest BCUT2D eigenvalue weighted by atomic mass is 9.85. The average Bonchev–Trinajstić information content (AvgIpc) is 3.61. The second-order valence-electron chi connectivity index (χ2n) is 8.90. The predicted molar refractivity (Wildman–Crippen MR) is 134 cm³/mol. The maximum Gasteiger partial charge on any atom is 0.227 e. The fourth-order valence-electron chi connectivity index (χ4n) is 4.45. The molecule has 0 bridgehead atoms. The third kappa shape index (κ3) is 3.42. The number of rotatable bonds is 5. The number of furan rings is 1. The maximum absolute atomic E-state index is 12.4. The zero-order valence-corrected chi connectivity index (χ0v) is 19.0. The summed E-state index contributed by atoms with van der Waals surface area (Å²) in [5.74, 6) is 0.734. The zero-order valence-electron chi connectivity index (χ0n) is 19.0. The number of imidazole rings is 1. The Labute approximate surface area is 204 Å². The van der Waals surface area contributed by atoms with Crippen molar-refractivity contribution in [1.29, 1.82) is 0 Å². The van der Waals surface area contributed by atoms with Crippen LogP contribution in [0.5, 0.6) is 0 Å². The van der Waals surface area contributed by atoms with E-state index in [4.69, 9.17) is 14.4 Å². The van der Waals surface area contributed by atoms with E-state index >= 15 is 0 Å². The molecule has 1 aliphatic rings. The number of aromatic nitrogens is 7. The van der Waals surface area contributed by atoms with Crippen molar-refractivity contribution in [1.82, 2.24) is 35.1 Å². The van der Waals surface area contributed by atoms with Gasteiger partial charge < -0.3 is 14.7 Å². The number of pyridine rings is 3. The fraction of sp³-hybridized carbons (Fsp3) is 0.154. The van der Waals surface area contributed by atoms with Crippen molar-refractivity contribution in [2.24, 2.45) is 5.92 Å². The monoisotopic (exact) mass is 476 g/mol. The number of fused-ring (bicyclic) bond motifs is 2. The van der Waals surface area contributed by atoms with Gasteiger partial charge in [-0.05, 0) is 43.2 Å². The van der Waals surface area contributed by atoms with Gasteiger partial charge in [0, 0.05) is 29.4 Å². The molecule has 6 aromatic heterocycles. The van der Waals surface area contributed by atoms with E-state index in [0.29, 0.717) is 28.4 Å². The number of nitrogens with one attached hydrogen (secondary N) is 3. The fourth-order valence-corrected chi connectivity index (χ4v) is 4.45. The third-order valence-electron chi connectivity index (χ3n) is 6.61. The van der Waals surface area contributed by atoms with E-state index in [1.54, 1.807) is 31.1 Å². The van der Waals surface area contributed by atoms with Gasteiger partial charge in [0.25, 0.3) is 0 Å². The summed E-state index contributed by atoms with van der Waals surface area (Å²) in [6.45, 7) is 0. The van der Waals surface area contributed by atoms with Crippen molar-refractivity contribution in [2.75, 3.05) is 5.32 Å². The Morgan fingerprint density at radius 1 is 1.00 bits per heavy atom. The molecule has 0 aliphatic heterocycles. The van der Waals surface area contributed by atoms with Crippen LogP contribution in [0.15, 0.2) is 65.9 Å². The molecule has 6 heterocycles. The second kappa shape index (κ2) is 8.12. The largest absolute Gasteiger partial charge is 0.472 e. The van der Waals surface area contributed by atoms with Crippen LogP contribution in [-0.2, 0) is 4.79 Å². The maximum atomic E-state index is 12.4. The highest BCUT2D eigenvalue weighted by molar-refractivity contribution is 5.95. The Morgan fingerprint density at radius 3 is 2.75 bits per heavy atom. The lowest BCUT2D eigenvalue weighted by Crippen LogP contribution is -2.28. The van der Waals surface area contributed by atoms with E-state index in [1.807, 2.05) is 30.3 Å². The molecule has 0 spiro atoms. The molecule has 0 aromatic carbocycles. The van der Waals surface area contributed by atoms with Crippen LogP contribution < -0.4 is 5.32 Å². The van der Waals surface area contributed by atoms with Crippen molar-refractivity contribution < 1.29 is 9.21 Å². The number of aromatic amines is 2. The Hall–Kier alpha value is -4.86. The van der Waals surface area contributed by atoms with Gasteiger partial charge in [0.1, 0.15) is 16.7 Å². The van der Waals surface area contributed by atoms with Crippen molar-refractivity contribution in [2.45, 2.75) is 19.3 Å². The number of hydrogen-bond acceptors (Lipinski definition) is 7. The van der Waals surface area contributed by atoms with Gasteiger partial charge in [-0.1, -0.05) is 6.42 Å². The van der Waals surface area contributed by atoms with E-state index in [0.717, 1.165) is 52.6 Å². The molecular weight excluding hydrogens is 456 g/mol. The summed E-state index contributed by atoms with van der Waals surface area (Å²) in [5, 5.41) is 10.5. The Bertz CT molecular complexity index is 1730. The highest BCUT2D eigenvalue weighted by Gasteiger charge is 2.25. The molecule has 36 heavy (non-hydrogen) atoms. The summed E-state index contributed by atoms with van der Waals surface area (Å²) in [6, 6.07) is 9.44. The van der Waals surface area contributed by atoms with Crippen LogP contribution in [0.2, 0.25) is 0 Å². The normalized spacial score (nSPS) is 13.8. The number of H-pyrrole nitrogens is 2. The molecule has 0 saturated heterocycles. The highest BCUT2D eigenvalue weighted by atomic mass is 16.3. The number of carbonyl (C=O) groups is 1. The molecule has 10 nitrogen and oxygen atoms in total. The second-order valence-corrected chi connectivity index (χ2v) is 8.90. The average molecular weight is 477 g/mol. The summed E-state index contributed by atoms with van der Waals surface area (Å²) in [7, 11) is 0. The van der Waals surface area contributed by atoms with E-state index in [2.05, 4.69) is 30.5 Å². The van der Waals surface area contributed by atoms with Crippen LogP contribution in [-0.4, -0.2) is 41.0 Å². The molecular formula is C26H20N8O2. The summed E-state index contributed by atoms with van der Waals surface area (Å²) in [4.78, 5) is 34.2. The molecule has 6 aromatic rings. The van der Waals surface area contributed by atoms with Crippen LogP contribution >= 0.6 is 0 Å². The smallest absolute Gasteiger partial charge is 0.227 e. The van der Waals surface area contributed by atoms with E-state index < -0.39 is 0 Å². The number of anilines is 1. The van der Waals surface area contributed by atoms with Crippen LogP contribution in [0.1, 0.15) is 19.3 Å². The molecule has 1 amide bonds. The Kier molecular flexibility index (Phi) is 4.63. The molecule has 0 atom stereocenters. The molecule has 0 unspecified atom stereocenters. The molecule has 176 valence electrons. The van der Waals surface area contributed by atoms with E-state index in [1.165, 1.54) is 0 Å². The van der Waals surface area contributed by atoms with Gasteiger partial charge in [-0.3, -0.25) is 19.9 Å². The van der Waals surface area contributed by atoms with Gasteiger partial charge >= 0.3 is 0 Å². The Morgan fingerprint density at radius 2 is 1.92 bits per heavy atom. The first-order valence-corrected chi connectivity index (χ1v) is 11.7. The number of hydrogen-bond donors (Lipinski definition) is 3. The third-order valence-corrected chi connectivity index (χ3v) is 6.61. The van der Waals surface area contributed by atoms with Gasteiger partial charge in [-0.2, -0.15) is 5.10 Å². The molecule has 1 aliphatic carbocycles. The van der Waals surface area contributed by atoms with Gasteiger partial charge in [0.2, 0.25) is 5.91 Å². The van der Waals surface area contributed by atoms with Crippen molar-refractivity contribution in [3.63, 3.8) is 0 Å². The van der Waals surface area contributed by atoms with Gasteiger partial charge in [0.15, 0.2) is 11.5 Å². The van der Waals surface area contributed by atoms with E-state index in [-0.39, 0.29) is 11.8 Å². The van der Waals surface area contributed by atoms with Gasteiger partial charge in [-0.15, -0.1) is 0 Å². The quantitative estimate of drug-likeness (QED) is 0.320. The van der Waals surface area contributed by atoms with Crippen LogP contribution in [0, 0.1) is 5.92 Å². The summed E-state index contributed by atoms with van der Waals surface area (Å²) in [6.07, 6.45) is 11.4. The number of amides is 1. The topological polar surface area (TPSA) is 138 Å². The molecule has 10 heteroatoms. The SMILES string of the molecule is O=C(Nc1cncc(-c2ccc3[nH]nc(-c4nc5c(-c6ccoc6)nccc5[nH]4)c3n2)c1)C1CCC1. The summed E-state index contributed by atoms with van der Waals surface area (Å²) < 4.78 is 5.23. The number of carbonyl (C=O) groups excluding carboxylic acids is 1. The Balaban J connectivity index is 1.26. The summed E-state index contributed by atoms with van der Waals surface area (Å²) in [5.41, 5.74) is 7.37. The van der Waals surface area contributed by atoms with Crippen molar-refractivity contribution in [3.05, 3.63) is 61.4 Å². The molecule has 7 rings (SSSR count).